The number of carbonyl (C=O) groups is 2. The van der Waals surface area contributed by atoms with Crippen LogP contribution in [0.2, 0.25) is 0 Å². The molecule has 3 atom stereocenters. The molecule has 0 radical (unpaired) electrons. The first-order valence-electron chi connectivity index (χ1n) is 14.1. The highest BCUT2D eigenvalue weighted by molar-refractivity contribution is 5.94. The van der Waals surface area contributed by atoms with Crippen LogP contribution in [-0.2, 0) is 28.9 Å². The Hall–Kier alpha value is -3.08. The number of anilines is 1. The highest BCUT2D eigenvalue weighted by Gasteiger charge is 2.44. The number of aromatic nitrogens is 2. The average Bonchev–Trinajstić information content (AvgIpc) is 3.26. The topological polar surface area (TPSA) is 70.9 Å². The number of fused-ring (bicyclic) bond motifs is 1. The van der Waals surface area contributed by atoms with Gasteiger partial charge in [-0.2, -0.15) is 18.3 Å². The van der Waals surface area contributed by atoms with Crippen LogP contribution in [-0.4, -0.2) is 89.0 Å². The molecular formula is C29H38F3N5O3. The smallest absolute Gasteiger partial charge is 0.372 e. The number of hydrogen-bond donors (Lipinski definition) is 0. The summed E-state index contributed by atoms with van der Waals surface area (Å²) >= 11 is 0. The summed E-state index contributed by atoms with van der Waals surface area (Å²) in [7, 11) is 0. The van der Waals surface area contributed by atoms with E-state index in [1.807, 2.05) is 19.9 Å². The van der Waals surface area contributed by atoms with E-state index in [-0.39, 0.29) is 49.6 Å². The quantitative estimate of drug-likeness (QED) is 0.569. The minimum absolute atomic E-state index is 0.0396. The molecule has 2 amide bonds. The molecular weight excluding hydrogens is 523 g/mol. The zero-order chi connectivity index (χ0) is 28.8. The standard InChI is InChI=1S/C29H38F3N5O3/c1-18-6-5-7-24(21(18)4)34-10-12-35(13-11-34)26(38)17-37-25-9-8-22(29(30,31)32)14-23(25)27(33-37)28(39)36-15-19(2)40-20(3)16-36/h5-7,19-20,22H,8-17H2,1-4H3/t19-,20+,22?. The number of morpholine rings is 1. The normalized spacial score (nSPS) is 23.8. The third-order valence-electron chi connectivity index (χ3n) is 8.55. The Morgan fingerprint density at radius 3 is 2.35 bits per heavy atom. The van der Waals surface area contributed by atoms with Crippen molar-refractivity contribution in [3.05, 3.63) is 46.3 Å². The molecule has 218 valence electrons. The van der Waals surface area contributed by atoms with Crippen molar-refractivity contribution in [3.63, 3.8) is 0 Å². The van der Waals surface area contributed by atoms with E-state index in [2.05, 4.69) is 36.0 Å². The molecule has 0 spiro atoms. The fourth-order valence-corrected chi connectivity index (χ4v) is 6.27. The maximum absolute atomic E-state index is 13.7. The highest BCUT2D eigenvalue weighted by Crippen LogP contribution is 2.38. The Labute approximate surface area is 233 Å². The highest BCUT2D eigenvalue weighted by atomic mass is 19.4. The van der Waals surface area contributed by atoms with E-state index < -0.39 is 18.0 Å². The summed E-state index contributed by atoms with van der Waals surface area (Å²) in [6.07, 6.45) is -4.96. The van der Waals surface area contributed by atoms with Crippen LogP contribution in [0.5, 0.6) is 0 Å². The number of aryl methyl sites for hydroxylation is 1. The summed E-state index contributed by atoms with van der Waals surface area (Å²) in [6, 6.07) is 6.22. The summed E-state index contributed by atoms with van der Waals surface area (Å²) < 4.78 is 48.3. The van der Waals surface area contributed by atoms with Gasteiger partial charge in [0.15, 0.2) is 5.69 Å². The van der Waals surface area contributed by atoms with Crippen molar-refractivity contribution in [1.29, 1.82) is 0 Å². The number of alkyl halides is 3. The number of nitrogens with zero attached hydrogens (tertiary/aromatic N) is 5. The van der Waals surface area contributed by atoms with Crippen LogP contribution in [0, 0.1) is 19.8 Å². The van der Waals surface area contributed by atoms with Crippen molar-refractivity contribution in [2.24, 2.45) is 5.92 Å². The van der Waals surface area contributed by atoms with Crippen LogP contribution < -0.4 is 4.90 Å². The second kappa shape index (κ2) is 11.1. The summed E-state index contributed by atoms with van der Waals surface area (Å²) in [5.74, 6) is -2.06. The van der Waals surface area contributed by atoms with Crippen molar-refractivity contribution < 1.29 is 27.5 Å². The molecule has 1 aromatic heterocycles. The van der Waals surface area contributed by atoms with Gasteiger partial charge in [0, 0.05) is 56.2 Å². The average molecular weight is 562 g/mol. The first-order valence-corrected chi connectivity index (χ1v) is 14.1. The molecule has 3 heterocycles. The molecule has 1 aliphatic carbocycles. The largest absolute Gasteiger partial charge is 0.392 e. The SMILES string of the molecule is Cc1cccc(N2CCN(C(=O)Cn3nc(C(=O)N4C[C@@H](C)O[C@@H](C)C4)c4c3CCC(C(F)(F)F)C4)CC2)c1C. The van der Waals surface area contributed by atoms with Crippen LogP contribution in [0.1, 0.15) is 53.1 Å². The first-order chi connectivity index (χ1) is 18.9. The second-order valence-corrected chi connectivity index (χ2v) is 11.5. The Bertz CT molecular complexity index is 1260. The number of amides is 2. The zero-order valence-electron chi connectivity index (χ0n) is 23.6. The molecule has 5 rings (SSSR count). The number of hydrogen-bond acceptors (Lipinski definition) is 5. The van der Waals surface area contributed by atoms with Gasteiger partial charge in [-0.1, -0.05) is 12.1 Å². The van der Waals surface area contributed by atoms with Gasteiger partial charge in [-0.25, -0.2) is 0 Å². The van der Waals surface area contributed by atoms with Crippen LogP contribution in [0.15, 0.2) is 18.2 Å². The third kappa shape index (κ3) is 5.70. The molecule has 11 heteroatoms. The van der Waals surface area contributed by atoms with Crippen LogP contribution in [0.3, 0.4) is 0 Å². The zero-order valence-corrected chi connectivity index (χ0v) is 23.6. The van der Waals surface area contributed by atoms with Gasteiger partial charge in [-0.3, -0.25) is 14.3 Å². The molecule has 40 heavy (non-hydrogen) atoms. The Morgan fingerprint density at radius 1 is 1.02 bits per heavy atom. The van der Waals surface area contributed by atoms with Crippen LogP contribution in [0.4, 0.5) is 18.9 Å². The van der Waals surface area contributed by atoms with Crippen LogP contribution in [0.25, 0.3) is 0 Å². The molecule has 2 saturated heterocycles. The van der Waals surface area contributed by atoms with E-state index >= 15 is 0 Å². The van der Waals surface area contributed by atoms with Crippen molar-refractivity contribution in [2.45, 2.75) is 71.9 Å². The maximum Gasteiger partial charge on any atom is 0.392 e. The minimum atomic E-state index is -4.35. The van der Waals surface area contributed by atoms with Gasteiger partial charge in [-0.15, -0.1) is 0 Å². The molecule has 1 unspecified atom stereocenters. The van der Waals surface area contributed by atoms with E-state index in [1.54, 1.807) is 9.80 Å². The van der Waals surface area contributed by atoms with Gasteiger partial charge in [0.05, 0.1) is 18.1 Å². The first kappa shape index (κ1) is 28.4. The van der Waals surface area contributed by atoms with Crippen molar-refractivity contribution in [1.82, 2.24) is 19.6 Å². The fourth-order valence-electron chi connectivity index (χ4n) is 6.27. The van der Waals surface area contributed by atoms with E-state index in [0.717, 1.165) is 0 Å². The molecule has 0 saturated carbocycles. The van der Waals surface area contributed by atoms with E-state index in [9.17, 15) is 22.8 Å². The summed E-state index contributed by atoms with van der Waals surface area (Å²) in [6.45, 7) is 11.0. The van der Waals surface area contributed by atoms with E-state index in [4.69, 9.17) is 4.74 Å². The molecule has 0 bridgehead atoms. The lowest BCUT2D eigenvalue weighted by atomic mass is 9.85. The summed E-state index contributed by atoms with van der Waals surface area (Å²) in [4.78, 5) is 32.6. The van der Waals surface area contributed by atoms with E-state index in [1.165, 1.54) is 21.5 Å². The number of halogens is 3. The van der Waals surface area contributed by atoms with Crippen LogP contribution >= 0.6 is 0 Å². The lowest BCUT2D eigenvalue weighted by Gasteiger charge is -2.37. The van der Waals surface area contributed by atoms with Gasteiger partial charge < -0.3 is 19.4 Å². The lowest BCUT2D eigenvalue weighted by molar-refractivity contribution is -0.177. The van der Waals surface area contributed by atoms with Gasteiger partial charge in [0.2, 0.25) is 5.91 Å². The minimum Gasteiger partial charge on any atom is -0.372 e. The molecule has 1 aromatic carbocycles. The number of ether oxygens (including phenoxy) is 1. The lowest BCUT2D eigenvalue weighted by Crippen LogP contribution is -2.50. The molecule has 3 aliphatic rings. The third-order valence-corrected chi connectivity index (χ3v) is 8.55. The molecule has 2 aromatic rings. The van der Waals surface area contributed by atoms with Gasteiger partial charge >= 0.3 is 6.18 Å². The van der Waals surface area contributed by atoms with E-state index in [0.29, 0.717) is 50.5 Å². The predicted octanol–water partition coefficient (Wildman–Crippen LogP) is 3.77. The predicted molar refractivity (Wildman–Crippen MR) is 144 cm³/mol. The Morgan fingerprint density at radius 2 is 1.70 bits per heavy atom. The van der Waals surface area contributed by atoms with Gasteiger partial charge in [-0.05, 0) is 64.2 Å². The number of carbonyl (C=O) groups excluding carboxylic acids is 2. The molecule has 2 aliphatic heterocycles. The number of benzene rings is 1. The Kier molecular flexibility index (Phi) is 7.87. The summed E-state index contributed by atoms with van der Waals surface area (Å²) in [5, 5.41) is 4.51. The van der Waals surface area contributed by atoms with Gasteiger partial charge in [0.1, 0.15) is 6.54 Å². The Balaban J connectivity index is 1.34. The fraction of sp³-hybridized carbons (Fsp3) is 0.621. The van der Waals surface area contributed by atoms with Gasteiger partial charge in [0.25, 0.3) is 5.91 Å². The molecule has 0 N–H and O–H groups in total. The number of piperazine rings is 1. The second-order valence-electron chi connectivity index (χ2n) is 11.5. The van der Waals surface area contributed by atoms with Crippen molar-refractivity contribution in [3.8, 4) is 0 Å². The molecule has 8 nitrogen and oxygen atoms in total. The number of rotatable bonds is 4. The monoisotopic (exact) mass is 561 g/mol. The summed E-state index contributed by atoms with van der Waals surface area (Å²) in [5.41, 5.74) is 4.56. The van der Waals surface area contributed by atoms with Crippen molar-refractivity contribution in [2.75, 3.05) is 44.2 Å². The van der Waals surface area contributed by atoms with Crippen molar-refractivity contribution >= 4 is 17.5 Å². The maximum atomic E-state index is 13.7. The molecule has 2 fully saturated rings.